The van der Waals surface area contributed by atoms with Crippen LogP contribution in [0.4, 0.5) is 0 Å². The number of nitrogens with zero attached hydrogens (tertiary/aromatic N) is 3. The van der Waals surface area contributed by atoms with Crippen molar-refractivity contribution in [3.63, 3.8) is 0 Å². The summed E-state index contributed by atoms with van der Waals surface area (Å²) in [5.74, 6) is 1.06. The molecule has 0 saturated carbocycles. The second kappa shape index (κ2) is 5.38. The Kier molecular flexibility index (Phi) is 3.43. The van der Waals surface area contributed by atoms with E-state index in [0.29, 0.717) is 11.7 Å². The van der Waals surface area contributed by atoms with Crippen LogP contribution in [-0.2, 0) is 0 Å². The maximum atomic E-state index is 5.98. The molecular formula is C15H16N4O. The second-order valence-electron chi connectivity index (χ2n) is 4.76. The van der Waals surface area contributed by atoms with Crippen LogP contribution in [-0.4, -0.2) is 15.1 Å². The topological polar surface area (TPSA) is 77.8 Å². The van der Waals surface area contributed by atoms with Crippen molar-refractivity contribution in [3.05, 3.63) is 42.4 Å². The average Bonchev–Trinajstić information content (AvgIpc) is 2.97. The van der Waals surface area contributed by atoms with Gasteiger partial charge in [-0.05, 0) is 30.7 Å². The van der Waals surface area contributed by atoms with E-state index < -0.39 is 0 Å². The maximum Gasteiger partial charge on any atom is 0.243 e. The Balaban J connectivity index is 1.94. The Bertz CT molecular complexity index is 722. The van der Waals surface area contributed by atoms with Gasteiger partial charge in [-0.15, -0.1) is 0 Å². The lowest BCUT2D eigenvalue weighted by molar-refractivity contribution is 0.348. The third kappa shape index (κ3) is 2.40. The third-order valence-corrected chi connectivity index (χ3v) is 3.22. The molecule has 0 aliphatic rings. The fraction of sp³-hybridized carbons (Fsp3) is 0.267. The molecule has 2 heterocycles. The second-order valence-corrected chi connectivity index (χ2v) is 4.76. The molecule has 2 N–H and O–H groups in total. The molecule has 0 bridgehead atoms. The van der Waals surface area contributed by atoms with E-state index in [1.165, 1.54) is 0 Å². The predicted molar refractivity (Wildman–Crippen MR) is 76.9 cm³/mol. The molecule has 102 valence electrons. The molecule has 0 saturated heterocycles. The minimum absolute atomic E-state index is 0.191. The predicted octanol–water partition coefficient (Wildman–Crippen LogP) is 3.08. The van der Waals surface area contributed by atoms with Crippen LogP contribution in [0.15, 0.2) is 41.1 Å². The molecule has 0 aliphatic heterocycles. The van der Waals surface area contributed by atoms with Crippen LogP contribution in [0.5, 0.6) is 0 Å². The van der Waals surface area contributed by atoms with Gasteiger partial charge >= 0.3 is 0 Å². The monoisotopic (exact) mass is 268 g/mol. The molecule has 3 aromatic rings. The van der Waals surface area contributed by atoms with Gasteiger partial charge in [0.25, 0.3) is 0 Å². The smallest absolute Gasteiger partial charge is 0.243 e. The van der Waals surface area contributed by atoms with Crippen LogP contribution < -0.4 is 5.73 Å². The van der Waals surface area contributed by atoms with Crippen molar-refractivity contribution in [2.45, 2.75) is 25.8 Å². The molecule has 1 unspecified atom stereocenters. The Morgan fingerprint density at radius 2 is 2.20 bits per heavy atom. The van der Waals surface area contributed by atoms with Gasteiger partial charge in [0.05, 0.1) is 11.6 Å². The number of benzene rings is 1. The lowest BCUT2D eigenvalue weighted by atomic mass is 10.1. The molecule has 0 spiro atoms. The molecule has 20 heavy (non-hydrogen) atoms. The highest BCUT2D eigenvalue weighted by Crippen LogP contribution is 2.23. The molecule has 0 fully saturated rings. The van der Waals surface area contributed by atoms with Crippen molar-refractivity contribution in [3.8, 4) is 11.4 Å². The third-order valence-electron chi connectivity index (χ3n) is 3.22. The van der Waals surface area contributed by atoms with Gasteiger partial charge in [-0.1, -0.05) is 24.6 Å². The van der Waals surface area contributed by atoms with Gasteiger partial charge in [0, 0.05) is 17.1 Å². The number of nitrogens with two attached hydrogens (primary N) is 1. The van der Waals surface area contributed by atoms with E-state index in [-0.39, 0.29) is 6.04 Å². The normalized spacial score (nSPS) is 12.7. The Hall–Kier alpha value is -2.27. The molecule has 3 rings (SSSR count). The van der Waals surface area contributed by atoms with E-state index in [9.17, 15) is 0 Å². The van der Waals surface area contributed by atoms with Crippen molar-refractivity contribution in [2.24, 2.45) is 5.73 Å². The van der Waals surface area contributed by atoms with Gasteiger partial charge in [0.1, 0.15) is 0 Å². The van der Waals surface area contributed by atoms with Crippen LogP contribution >= 0.6 is 0 Å². The highest BCUT2D eigenvalue weighted by Gasteiger charge is 2.15. The van der Waals surface area contributed by atoms with Gasteiger partial charge in [-0.3, -0.25) is 4.98 Å². The first-order chi connectivity index (χ1) is 9.78. The maximum absolute atomic E-state index is 5.98. The zero-order valence-corrected chi connectivity index (χ0v) is 11.3. The number of rotatable bonds is 4. The summed E-state index contributed by atoms with van der Waals surface area (Å²) in [4.78, 5) is 8.67. The fourth-order valence-electron chi connectivity index (χ4n) is 2.15. The first-order valence-electron chi connectivity index (χ1n) is 6.72. The molecule has 2 aromatic heterocycles. The van der Waals surface area contributed by atoms with Crippen LogP contribution in [0.25, 0.3) is 22.3 Å². The van der Waals surface area contributed by atoms with Gasteiger partial charge in [-0.25, -0.2) is 0 Å². The van der Waals surface area contributed by atoms with Crippen molar-refractivity contribution >= 4 is 10.9 Å². The Morgan fingerprint density at radius 3 is 3.05 bits per heavy atom. The highest BCUT2D eigenvalue weighted by atomic mass is 16.5. The minimum atomic E-state index is -0.191. The zero-order chi connectivity index (χ0) is 13.9. The summed E-state index contributed by atoms with van der Waals surface area (Å²) in [6.45, 7) is 2.08. The van der Waals surface area contributed by atoms with Crippen LogP contribution in [0.3, 0.4) is 0 Å². The van der Waals surface area contributed by atoms with E-state index in [0.717, 1.165) is 29.3 Å². The summed E-state index contributed by atoms with van der Waals surface area (Å²) in [7, 11) is 0. The first kappa shape index (κ1) is 12.7. The average molecular weight is 268 g/mol. The lowest BCUT2D eigenvalue weighted by Gasteiger charge is -2.02. The van der Waals surface area contributed by atoms with Gasteiger partial charge in [0.2, 0.25) is 11.7 Å². The summed E-state index contributed by atoms with van der Waals surface area (Å²) in [5, 5.41) is 5.06. The van der Waals surface area contributed by atoms with Gasteiger partial charge < -0.3 is 10.3 Å². The van der Waals surface area contributed by atoms with Crippen molar-refractivity contribution in [2.75, 3.05) is 0 Å². The molecule has 0 radical (unpaired) electrons. The van der Waals surface area contributed by atoms with Crippen LogP contribution in [0, 0.1) is 0 Å². The largest absolute Gasteiger partial charge is 0.337 e. The summed E-state index contributed by atoms with van der Waals surface area (Å²) in [5.41, 5.74) is 7.83. The summed E-state index contributed by atoms with van der Waals surface area (Å²) in [6.07, 6.45) is 3.60. The SMILES string of the molecule is CCCC(N)c1nc(-c2ccc3ncccc3c2)no1. The van der Waals surface area contributed by atoms with Crippen LogP contribution in [0.2, 0.25) is 0 Å². The van der Waals surface area contributed by atoms with E-state index >= 15 is 0 Å². The van der Waals surface area contributed by atoms with Gasteiger partial charge in [-0.2, -0.15) is 4.98 Å². The fourth-order valence-corrected chi connectivity index (χ4v) is 2.15. The molecule has 5 heteroatoms. The summed E-state index contributed by atoms with van der Waals surface area (Å²) < 4.78 is 5.24. The van der Waals surface area contributed by atoms with E-state index in [1.807, 2.05) is 30.3 Å². The van der Waals surface area contributed by atoms with Crippen molar-refractivity contribution in [1.29, 1.82) is 0 Å². The molecule has 0 amide bonds. The molecule has 0 aliphatic carbocycles. The van der Waals surface area contributed by atoms with E-state index in [1.54, 1.807) is 6.20 Å². The number of hydrogen-bond acceptors (Lipinski definition) is 5. The van der Waals surface area contributed by atoms with E-state index in [4.69, 9.17) is 10.3 Å². The van der Waals surface area contributed by atoms with E-state index in [2.05, 4.69) is 22.0 Å². The van der Waals surface area contributed by atoms with Gasteiger partial charge in [0.15, 0.2) is 0 Å². The van der Waals surface area contributed by atoms with Crippen LogP contribution in [0.1, 0.15) is 31.7 Å². The molecule has 1 aromatic carbocycles. The lowest BCUT2D eigenvalue weighted by Crippen LogP contribution is -2.09. The summed E-state index contributed by atoms with van der Waals surface area (Å²) in [6, 6.07) is 9.62. The van der Waals surface area contributed by atoms with Crippen molar-refractivity contribution < 1.29 is 4.52 Å². The molecule has 1 atom stereocenters. The molecular weight excluding hydrogens is 252 g/mol. The standard InChI is InChI=1S/C15H16N4O/c1-2-4-12(16)15-18-14(19-20-15)11-6-7-13-10(9-11)5-3-8-17-13/h3,5-9,12H,2,4,16H2,1H3. The zero-order valence-electron chi connectivity index (χ0n) is 11.3. The number of pyridine rings is 1. The summed E-state index contributed by atoms with van der Waals surface area (Å²) >= 11 is 0. The number of hydrogen-bond donors (Lipinski definition) is 1. The number of aromatic nitrogens is 3. The quantitative estimate of drug-likeness (QED) is 0.786. The molecule has 5 nitrogen and oxygen atoms in total. The highest BCUT2D eigenvalue weighted by molar-refractivity contribution is 5.82. The minimum Gasteiger partial charge on any atom is -0.337 e. The Labute approximate surface area is 116 Å². The van der Waals surface area contributed by atoms with Crippen molar-refractivity contribution in [1.82, 2.24) is 15.1 Å². The first-order valence-corrected chi connectivity index (χ1v) is 6.72. The Morgan fingerprint density at radius 1 is 1.30 bits per heavy atom. The number of fused-ring (bicyclic) bond motifs is 1.